The van der Waals surface area contributed by atoms with Crippen LogP contribution >= 0.6 is 0 Å². The Labute approximate surface area is 117 Å². The van der Waals surface area contributed by atoms with Gasteiger partial charge in [0, 0.05) is 31.0 Å². The maximum Gasteiger partial charge on any atom is 0.254 e. The van der Waals surface area contributed by atoms with Crippen molar-refractivity contribution in [3.8, 4) is 0 Å². The summed E-state index contributed by atoms with van der Waals surface area (Å²) in [6.45, 7) is 2.84. The van der Waals surface area contributed by atoms with Crippen LogP contribution in [0.15, 0.2) is 30.6 Å². The third-order valence-corrected chi connectivity index (χ3v) is 3.68. The van der Waals surface area contributed by atoms with Crippen molar-refractivity contribution in [3.05, 3.63) is 36.2 Å². The highest BCUT2D eigenvalue weighted by Crippen LogP contribution is 2.22. The second-order valence-corrected chi connectivity index (χ2v) is 5.59. The second-order valence-electron chi connectivity index (χ2n) is 5.59. The first-order valence-electron chi connectivity index (χ1n) is 6.78. The summed E-state index contributed by atoms with van der Waals surface area (Å²) in [7, 11) is 0. The number of benzene rings is 1. The van der Waals surface area contributed by atoms with Gasteiger partial charge in [0.15, 0.2) is 0 Å². The molecule has 3 rings (SSSR count). The van der Waals surface area contributed by atoms with Crippen LogP contribution in [0, 0.1) is 0 Å². The van der Waals surface area contributed by atoms with Gasteiger partial charge in [-0.2, -0.15) is 0 Å². The molecule has 0 aliphatic carbocycles. The molecule has 2 heterocycles. The fourth-order valence-corrected chi connectivity index (χ4v) is 2.67. The molecule has 0 bridgehead atoms. The number of piperidine rings is 1. The number of fused-ring (bicyclic) bond motifs is 1. The van der Waals surface area contributed by atoms with Crippen LogP contribution in [-0.2, 0) is 0 Å². The summed E-state index contributed by atoms with van der Waals surface area (Å²) in [6, 6.07) is 5.33. The van der Waals surface area contributed by atoms with Crippen molar-refractivity contribution in [2.24, 2.45) is 0 Å². The number of aliphatic hydroxyl groups is 1. The van der Waals surface area contributed by atoms with Crippen LogP contribution in [0.2, 0.25) is 0 Å². The van der Waals surface area contributed by atoms with Crippen molar-refractivity contribution in [1.29, 1.82) is 0 Å². The van der Waals surface area contributed by atoms with E-state index in [0.29, 0.717) is 24.2 Å². The van der Waals surface area contributed by atoms with E-state index in [1.165, 1.54) is 0 Å². The zero-order valence-electron chi connectivity index (χ0n) is 11.4. The average Bonchev–Trinajstić information content (AvgIpc) is 2.45. The Bertz CT molecular complexity index is 654. The highest BCUT2D eigenvalue weighted by atomic mass is 16.3. The molecule has 1 amide bonds. The molecule has 1 aromatic carbocycles. The third-order valence-electron chi connectivity index (χ3n) is 3.68. The summed E-state index contributed by atoms with van der Waals surface area (Å²) in [6.07, 6.45) is 4.81. The molecule has 5 heteroatoms. The minimum absolute atomic E-state index is 0.0578. The van der Waals surface area contributed by atoms with Gasteiger partial charge in [0.1, 0.15) is 0 Å². The van der Waals surface area contributed by atoms with Gasteiger partial charge in [-0.15, -0.1) is 0 Å². The number of hydrogen-bond donors (Lipinski definition) is 1. The zero-order chi connectivity index (χ0) is 14.2. The average molecular weight is 271 g/mol. The predicted octanol–water partition coefficient (Wildman–Crippen LogP) is 1.62. The minimum Gasteiger partial charge on any atom is -0.388 e. The number of likely N-dealkylation sites (tertiary alicyclic amines) is 1. The zero-order valence-corrected chi connectivity index (χ0v) is 11.4. The van der Waals surface area contributed by atoms with E-state index in [9.17, 15) is 9.90 Å². The van der Waals surface area contributed by atoms with Gasteiger partial charge in [-0.3, -0.25) is 14.8 Å². The van der Waals surface area contributed by atoms with Crippen LogP contribution in [0.25, 0.3) is 11.0 Å². The highest BCUT2D eigenvalue weighted by Gasteiger charge is 2.31. The number of hydrogen-bond acceptors (Lipinski definition) is 4. The fraction of sp³-hybridized carbons (Fsp3) is 0.400. The Morgan fingerprint density at radius 2 is 2.05 bits per heavy atom. The summed E-state index contributed by atoms with van der Waals surface area (Å²) in [5.41, 5.74) is 1.29. The van der Waals surface area contributed by atoms with Crippen LogP contribution in [0.1, 0.15) is 30.1 Å². The fourth-order valence-electron chi connectivity index (χ4n) is 2.67. The van der Waals surface area contributed by atoms with Gasteiger partial charge >= 0.3 is 0 Å². The highest BCUT2D eigenvalue weighted by molar-refractivity contribution is 5.97. The van der Waals surface area contributed by atoms with Gasteiger partial charge < -0.3 is 10.0 Å². The number of aromatic nitrogens is 2. The first-order chi connectivity index (χ1) is 9.55. The van der Waals surface area contributed by atoms with Crippen molar-refractivity contribution in [1.82, 2.24) is 14.9 Å². The Morgan fingerprint density at radius 3 is 2.80 bits per heavy atom. The Balaban J connectivity index is 1.88. The molecular formula is C15H17N3O2. The van der Waals surface area contributed by atoms with Gasteiger partial charge in [-0.25, -0.2) is 0 Å². The maximum absolute atomic E-state index is 12.5. The summed E-state index contributed by atoms with van der Waals surface area (Å²) < 4.78 is 0. The normalized spacial score (nSPS) is 23.0. The molecule has 1 fully saturated rings. The van der Waals surface area contributed by atoms with Crippen molar-refractivity contribution >= 4 is 16.9 Å². The predicted molar refractivity (Wildman–Crippen MR) is 75.3 cm³/mol. The van der Waals surface area contributed by atoms with Gasteiger partial charge in [0.2, 0.25) is 0 Å². The number of nitrogens with zero attached hydrogens (tertiary/aromatic N) is 3. The van der Waals surface area contributed by atoms with E-state index >= 15 is 0 Å². The summed E-state index contributed by atoms with van der Waals surface area (Å²) in [5.74, 6) is -0.0578. The lowest BCUT2D eigenvalue weighted by atomic mass is 9.94. The third kappa shape index (κ3) is 2.49. The number of carbonyl (C=O) groups excluding carboxylic acids is 1. The lowest BCUT2D eigenvalue weighted by Gasteiger charge is -2.36. The smallest absolute Gasteiger partial charge is 0.254 e. The van der Waals surface area contributed by atoms with Crippen LogP contribution in [-0.4, -0.2) is 44.6 Å². The van der Waals surface area contributed by atoms with Gasteiger partial charge in [0.05, 0.1) is 16.6 Å². The summed E-state index contributed by atoms with van der Waals surface area (Å²) in [5, 5.41) is 10.1. The van der Waals surface area contributed by atoms with Crippen LogP contribution < -0.4 is 0 Å². The summed E-state index contributed by atoms with van der Waals surface area (Å²) in [4.78, 5) is 22.6. The number of carbonyl (C=O) groups is 1. The molecule has 104 valence electrons. The molecule has 1 N–H and O–H groups in total. The van der Waals surface area contributed by atoms with Crippen LogP contribution in [0.4, 0.5) is 0 Å². The lowest BCUT2D eigenvalue weighted by molar-refractivity contribution is -0.0107. The second kappa shape index (κ2) is 4.83. The van der Waals surface area contributed by atoms with E-state index in [-0.39, 0.29) is 5.91 Å². The van der Waals surface area contributed by atoms with Crippen LogP contribution in [0.3, 0.4) is 0 Å². The van der Waals surface area contributed by atoms with Gasteiger partial charge in [0.25, 0.3) is 5.91 Å². The molecule has 0 saturated carbocycles. The van der Waals surface area contributed by atoms with Crippen molar-refractivity contribution in [2.75, 3.05) is 13.1 Å². The molecule has 1 aliphatic rings. The van der Waals surface area contributed by atoms with Gasteiger partial charge in [-0.1, -0.05) is 0 Å². The van der Waals surface area contributed by atoms with Crippen molar-refractivity contribution < 1.29 is 9.90 Å². The Hall–Kier alpha value is -2.01. The van der Waals surface area contributed by atoms with E-state index < -0.39 is 5.60 Å². The molecule has 0 radical (unpaired) electrons. The molecule has 2 aromatic rings. The Kier molecular flexibility index (Phi) is 3.14. The van der Waals surface area contributed by atoms with Crippen LogP contribution in [0.5, 0.6) is 0 Å². The molecule has 1 aromatic heterocycles. The van der Waals surface area contributed by atoms with E-state index in [0.717, 1.165) is 18.4 Å². The van der Waals surface area contributed by atoms with Gasteiger partial charge in [-0.05, 0) is 38.0 Å². The molecule has 1 aliphatic heterocycles. The minimum atomic E-state index is -0.787. The largest absolute Gasteiger partial charge is 0.388 e. The first-order valence-corrected chi connectivity index (χ1v) is 6.78. The molecule has 1 atom stereocenters. The van der Waals surface area contributed by atoms with Crippen molar-refractivity contribution in [2.45, 2.75) is 25.4 Å². The van der Waals surface area contributed by atoms with E-state index in [1.54, 1.807) is 42.4 Å². The maximum atomic E-state index is 12.5. The molecule has 1 saturated heterocycles. The van der Waals surface area contributed by atoms with E-state index in [1.807, 2.05) is 0 Å². The quantitative estimate of drug-likeness (QED) is 0.856. The molecule has 5 nitrogen and oxygen atoms in total. The number of β-amino-alcohol motifs (C(OH)–C–C–N with tert-alkyl or cyclic N) is 1. The SMILES string of the molecule is CC1(O)CCCN(C(=O)c2ccc3nccnc3c2)C1. The lowest BCUT2D eigenvalue weighted by Crippen LogP contribution is -2.48. The van der Waals surface area contributed by atoms with Crippen molar-refractivity contribution in [3.63, 3.8) is 0 Å². The number of rotatable bonds is 1. The van der Waals surface area contributed by atoms with E-state index in [2.05, 4.69) is 9.97 Å². The molecule has 20 heavy (non-hydrogen) atoms. The topological polar surface area (TPSA) is 66.3 Å². The monoisotopic (exact) mass is 271 g/mol. The Morgan fingerprint density at radius 1 is 1.30 bits per heavy atom. The molecule has 0 spiro atoms. The molecular weight excluding hydrogens is 254 g/mol. The first kappa shape index (κ1) is 13.0. The number of amides is 1. The standard InChI is InChI=1S/C15H17N3O2/c1-15(20)5-2-8-18(10-15)14(19)11-3-4-12-13(9-11)17-7-6-16-12/h3-4,6-7,9,20H,2,5,8,10H2,1H3. The molecule has 1 unspecified atom stereocenters. The summed E-state index contributed by atoms with van der Waals surface area (Å²) >= 11 is 0. The van der Waals surface area contributed by atoms with E-state index in [4.69, 9.17) is 0 Å².